The van der Waals surface area contributed by atoms with E-state index in [1.165, 1.54) is 5.56 Å². The molecule has 1 fully saturated rings. The van der Waals surface area contributed by atoms with E-state index in [1.54, 1.807) is 6.92 Å². The highest BCUT2D eigenvalue weighted by molar-refractivity contribution is 5.79. The van der Waals surface area contributed by atoms with Crippen LogP contribution < -0.4 is 5.32 Å². The quantitative estimate of drug-likeness (QED) is 0.801. The van der Waals surface area contributed by atoms with Crippen LogP contribution in [0.4, 0.5) is 0 Å². The van der Waals surface area contributed by atoms with Crippen molar-refractivity contribution in [3.05, 3.63) is 35.9 Å². The number of benzene rings is 1. The lowest BCUT2D eigenvalue weighted by Gasteiger charge is -2.25. The summed E-state index contributed by atoms with van der Waals surface area (Å²) >= 11 is 0. The number of rotatable bonds is 8. The summed E-state index contributed by atoms with van der Waals surface area (Å²) in [5.41, 5.74) is 1.30. The number of nitrogens with one attached hydrogen (secondary N) is 1. The van der Waals surface area contributed by atoms with Crippen molar-refractivity contribution in [1.82, 2.24) is 10.2 Å². The maximum Gasteiger partial charge on any atom is 0.223 e. The summed E-state index contributed by atoms with van der Waals surface area (Å²) in [7, 11) is 0. The number of amides is 2. The van der Waals surface area contributed by atoms with E-state index in [1.807, 2.05) is 23.1 Å². The van der Waals surface area contributed by atoms with Crippen LogP contribution in [0.3, 0.4) is 0 Å². The van der Waals surface area contributed by atoms with E-state index in [0.29, 0.717) is 13.1 Å². The number of carbonyl (C=O) groups excluding carboxylic acids is 2. The number of nitrogens with zero attached hydrogens (tertiary/aromatic N) is 1. The van der Waals surface area contributed by atoms with Crippen LogP contribution in [0, 0.1) is 5.92 Å². The van der Waals surface area contributed by atoms with Crippen molar-refractivity contribution in [3.8, 4) is 0 Å². The zero-order valence-electron chi connectivity index (χ0n) is 13.4. The fourth-order valence-electron chi connectivity index (χ4n) is 2.67. The van der Waals surface area contributed by atoms with Gasteiger partial charge in [-0.05, 0) is 31.2 Å². The van der Waals surface area contributed by atoms with Gasteiger partial charge in [-0.1, -0.05) is 36.8 Å². The minimum Gasteiger partial charge on any atom is -0.354 e. The van der Waals surface area contributed by atoms with Gasteiger partial charge in [-0.15, -0.1) is 0 Å². The van der Waals surface area contributed by atoms with E-state index in [-0.39, 0.29) is 17.7 Å². The minimum atomic E-state index is 0.0750. The van der Waals surface area contributed by atoms with E-state index in [0.717, 1.165) is 38.6 Å². The molecule has 0 aliphatic heterocycles. The maximum absolute atomic E-state index is 11.8. The van der Waals surface area contributed by atoms with Gasteiger partial charge in [-0.25, -0.2) is 0 Å². The van der Waals surface area contributed by atoms with Crippen molar-refractivity contribution in [2.45, 2.75) is 39.0 Å². The number of aryl methyl sites for hydroxylation is 1. The van der Waals surface area contributed by atoms with E-state index in [2.05, 4.69) is 17.4 Å². The maximum atomic E-state index is 11.8. The lowest BCUT2D eigenvalue weighted by atomic mass is 9.85. The van der Waals surface area contributed by atoms with Crippen LogP contribution in [0.25, 0.3) is 0 Å². The molecule has 1 aliphatic rings. The van der Waals surface area contributed by atoms with Crippen molar-refractivity contribution in [2.75, 3.05) is 19.6 Å². The van der Waals surface area contributed by atoms with Crippen LogP contribution in [0.15, 0.2) is 30.3 Å². The summed E-state index contributed by atoms with van der Waals surface area (Å²) in [6.07, 6.45) is 5.11. The van der Waals surface area contributed by atoms with Gasteiger partial charge in [-0.3, -0.25) is 9.59 Å². The average Bonchev–Trinajstić information content (AvgIpc) is 2.44. The van der Waals surface area contributed by atoms with Crippen LogP contribution in [0.2, 0.25) is 0 Å². The van der Waals surface area contributed by atoms with Crippen LogP contribution in [0.1, 0.15) is 38.2 Å². The number of hydrogen-bond acceptors (Lipinski definition) is 2. The Morgan fingerprint density at radius 3 is 2.50 bits per heavy atom. The Kier molecular flexibility index (Phi) is 6.44. The Labute approximate surface area is 132 Å². The highest BCUT2D eigenvalue weighted by Crippen LogP contribution is 2.25. The Morgan fingerprint density at radius 1 is 1.18 bits per heavy atom. The summed E-state index contributed by atoms with van der Waals surface area (Å²) in [6.45, 7) is 3.49. The van der Waals surface area contributed by atoms with Gasteiger partial charge < -0.3 is 10.2 Å². The second-order valence-corrected chi connectivity index (χ2v) is 6.01. The molecule has 0 spiro atoms. The van der Waals surface area contributed by atoms with Crippen LogP contribution >= 0.6 is 0 Å². The molecular weight excluding hydrogens is 276 g/mol. The Balaban J connectivity index is 1.66. The molecule has 120 valence electrons. The molecule has 0 atom stereocenters. The molecule has 2 rings (SSSR count). The van der Waals surface area contributed by atoms with E-state index in [9.17, 15) is 9.59 Å². The zero-order valence-corrected chi connectivity index (χ0v) is 13.4. The molecule has 1 aromatic rings. The van der Waals surface area contributed by atoms with E-state index >= 15 is 0 Å². The molecule has 2 amide bonds. The molecule has 1 aliphatic carbocycles. The second-order valence-electron chi connectivity index (χ2n) is 6.01. The first-order valence-electron chi connectivity index (χ1n) is 8.24. The third-order valence-corrected chi connectivity index (χ3v) is 4.34. The predicted molar refractivity (Wildman–Crippen MR) is 87.4 cm³/mol. The Hall–Kier alpha value is -1.84. The van der Waals surface area contributed by atoms with Gasteiger partial charge in [0.2, 0.25) is 11.8 Å². The van der Waals surface area contributed by atoms with Gasteiger partial charge in [0, 0.05) is 32.5 Å². The van der Waals surface area contributed by atoms with Crippen molar-refractivity contribution in [1.29, 1.82) is 0 Å². The fourth-order valence-corrected chi connectivity index (χ4v) is 2.67. The van der Waals surface area contributed by atoms with Crippen LogP contribution in [-0.4, -0.2) is 36.3 Å². The van der Waals surface area contributed by atoms with E-state index < -0.39 is 0 Å². The van der Waals surface area contributed by atoms with Gasteiger partial charge in [0.15, 0.2) is 0 Å². The predicted octanol–water partition coefficient (Wildman–Crippen LogP) is 2.38. The second kappa shape index (κ2) is 8.57. The topological polar surface area (TPSA) is 49.4 Å². The van der Waals surface area contributed by atoms with E-state index in [4.69, 9.17) is 0 Å². The first kappa shape index (κ1) is 16.5. The average molecular weight is 302 g/mol. The molecule has 0 saturated heterocycles. The standard InChI is InChI=1S/C18H26N2O2/c1-15(21)20(13-6-9-16-7-3-2-4-8-16)14-12-19-18(22)17-10-5-11-17/h2-4,7-8,17H,5-6,9-14H2,1H3,(H,19,22). The summed E-state index contributed by atoms with van der Waals surface area (Å²) in [6, 6.07) is 10.3. The molecule has 0 radical (unpaired) electrons. The molecule has 0 aromatic heterocycles. The lowest BCUT2D eigenvalue weighted by Crippen LogP contribution is -2.41. The van der Waals surface area contributed by atoms with Gasteiger partial charge in [-0.2, -0.15) is 0 Å². The summed E-state index contributed by atoms with van der Waals surface area (Å²) in [4.78, 5) is 25.3. The van der Waals surface area contributed by atoms with Crippen LogP contribution in [-0.2, 0) is 16.0 Å². The highest BCUT2D eigenvalue weighted by atomic mass is 16.2. The molecule has 0 unspecified atom stereocenters. The monoisotopic (exact) mass is 302 g/mol. The first-order valence-corrected chi connectivity index (χ1v) is 8.24. The molecule has 1 aromatic carbocycles. The SMILES string of the molecule is CC(=O)N(CCCc1ccccc1)CCNC(=O)C1CCC1. The molecule has 1 saturated carbocycles. The summed E-state index contributed by atoms with van der Waals surface area (Å²) in [5, 5.41) is 2.95. The summed E-state index contributed by atoms with van der Waals surface area (Å²) < 4.78 is 0. The molecule has 0 bridgehead atoms. The molecular formula is C18H26N2O2. The normalized spacial score (nSPS) is 14.2. The van der Waals surface area contributed by atoms with Gasteiger partial charge in [0.1, 0.15) is 0 Å². The minimum absolute atomic E-state index is 0.0750. The smallest absolute Gasteiger partial charge is 0.223 e. The third kappa shape index (κ3) is 5.17. The first-order chi connectivity index (χ1) is 10.7. The van der Waals surface area contributed by atoms with Gasteiger partial charge in [0.05, 0.1) is 0 Å². The largest absolute Gasteiger partial charge is 0.354 e. The molecule has 4 heteroatoms. The van der Waals surface area contributed by atoms with Crippen LogP contribution in [0.5, 0.6) is 0 Å². The third-order valence-electron chi connectivity index (χ3n) is 4.34. The highest BCUT2D eigenvalue weighted by Gasteiger charge is 2.24. The molecule has 1 N–H and O–H groups in total. The van der Waals surface area contributed by atoms with Gasteiger partial charge >= 0.3 is 0 Å². The number of hydrogen-bond donors (Lipinski definition) is 1. The fraction of sp³-hybridized carbons (Fsp3) is 0.556. The molecule has 22 heavy (non-hydrogen) atoms. The van der Waals surface area contributed by atoms with Crippen molar-refractivity contribution in [3.63, 3.8) is 0 Å². The Morgan fingerprint density at radius 2 is 1.91 bits per heavy atom. The Bertz CT molecular complexity index is 483. The van der Waals surface area contributed by atoms with Gasteiger partial charge in [0.25, 0.3) is 0 Å². The van der Waals surface area contributed by atoms with Crippen molar-refractivity contribution < 1.29 is 9.59 Å². The van der Waals surface area contributed by atoms with Crippen molar-refractivity contribution >= 4 is 11.8 Å². The lowest BCUT2D eigenvalue weighted by molar-refractivity contribution is -0.130. The molecule has 0 heterocycles. The summed E-state index contributed by atoms with van der Waals surface area (Å²) in [5.74, 6) is 0.439. The number of carbonyl (C=O) groups is 2. The zero-order chi connectivity index (χ0) is 15.8. The van der Waals surface area contributed by atoms with Crippen molar-refractivity contribution in [2.24, 2.45) is 5.92 Å². The molecule has 4 nitrogen and oxygen atoms in total.